The fourth-order valence-electron chi connectivity index (χ4n) is 2.36. The number of nitrogens with one attached hydrogen (secondary N) is 1. The summed E-state index contributed by atoms with van der Waals surface area (Å²) in [6.07, 6.45) is 6.74. The van der Waals surface area contributed by atoms with Crippen molar-refractivity contribution in [2.24, 2.45) is 0 Å². The third-order valence-corrected chi connectivity index (χ3v) is 5.59. The lowest BCUT2D eigenvalue weighted by Crippen LogP contribution is -2.25. The predicted molar refractivity (Wildman–Crippen MR) is 100 cm³/mol. The van der Waals surface area contributed by atoms with E-state index in [0.29, 0.717) is 11.4 Å². The minimum Gasteiger partial charge on any atom is -0.351 e. The smallest absolute Gasteiger partial charge is 0.263 e. The van der Waals surface area contributed by atoms with Gasteiger partial charge in [-0.1, -0.05) is 23.5 Å². The molecule has 3 rings (SSSR count). The molecule has 0 radical (unpaired) electrons. The van der Waals surface area contributed by atoms with E-state index in [1.807, 2.05) is 36.0 Å². The van der Waals surface area contributed by atoms with Crippen molar-refractivity contribution < 1.29 is 4.79 Å². The Morgan fingerprint density at radius 2 is 1.96 bits per heavy atom. The summed E-state index contributed by atoms with van der Waals surface area (Å²) >= 11 is 3.14. The number of nitrogens with zero attached hydrogens (tertiary/aromatic N) is 2. The first-order chi connectivity index (χ1) is 11.7. The van der Waals surface area contributed by atoms with Crippen LogP contribution < -0.4 is 5.32 Å². The molecule has 0 atom stereocenters. The summed E-state index contributed by atoms with van der Waals surface area (Å²) in [7, 11) is 0. The molecule has 6 heteroatoms. The van der Waals surface area contributed by atoms with Crippen molar-refractivity contribution in [2.75, 3.05) is 12.8 Å². The molecule has 0 bridgehead atoms. The van der Waals surface area contributed by atoms with Gasteiger partial charge in [0.25, 0.3) is 5.91 Å². The van der Waals surface area contributed by atoms with Gasteiger partial charge >= 0.3 is 0 Å². The topological polar surface area (TPSA) is 46.9 Å². The second-order valence-electron chi connectivity index (χ2n) is 5.36. The molecule has 2 heterocycles. The molecule has 24 heavy (non-hydrogen) atoms. The summed E-state index contributed by atoms with van der Waals surface area (Å²) in [5, 5.41) is 3.81. The molecule has 1 N–H and O–H groups in total. The van der Waals surface area contributed by atoms with Gasteiger partial charge in [0.1, 0.15) is 4.88 Å². The minimum atomic E-state index is -0.0517. The number of amides is 1. The molecule has 0 aliphatic rings. The van der Waals surface area contributed by atoms with Crippen molar-refractivity contribution in [2.45, 2.75) is 18.2 Å². The largest absolute Gasteiger partial charge is 0.351 e. The summed E-state index contributed by atoms with van der Waals surface area (Å²) in [5.41, 5.74) is 1.99. The molecule has 124 valence electrons. The molecule has 0 saturated carbocycles. The molecular weight excluding hydrogens is 338 g/mol. The minimum absolute atomic E-state index is 0.0517. The van der Waals surface area contributed by atoms with Crippen LogP contribution in [0.3, 0.4) is 0 Å². The second kappa shape index (κ2) is 7.68. The Labute approximate surface area is 149 Å². The average Bonchev–Trinajstić information content (AvgIpc) is 3.25. The average molecular weight is 358 g/mol. The highest BCUT2D eigenvalue weighted by molar-refractivity contribution is 7.98. The predicted octanol–water partition coefficient (Wildman–Crippen LogP) is 3.94. The van der Waals surface area contributed by atoms with Crippen LogP contribution in [0.25, 0.3) is 5.13 Å². The van der Waals surface area contributed by atoms with E-state index in [-0.39, 0.29) is 5.91 Å². The number of aromatic nitrogens is 2. The zero-order valence-electron chi connectivity index (χ0n) is 13.7. The van der Waals surface area contributed by atoms with E-state index in [2.05, 4.69) is 40.8 Å². The fraction of sp³-hybridized carbons (Fsp3) is 0.222. The normalized spacial score (nSPS) is 10.8. The Morgan fingerprint density at radius 3 is 2.62 bits per heavy atom. The van der Waals surface area contributed by atoms with Gasteiger partial charge < -0.3 is 9.88 Å². The Kier molecular flexibility index (Phi) is 5.37. The van der Waals surface area contributed by atoms with Crippen molar-refractivity contribution in [3.05, 3.63) is 64.9 Å². The van der Waals surface area contributed by atoms with E-state index in [1.54, 1.807) is 11.8 Å². The van der Waals surface area contributed by atoms with Crippen LogP contribution in [0.5, 0.6) is 0 Å². The van der Waals surface area contributed by atoms with Crippen LogP contribution >= 0.6 is 23.1 Å². The lowest BCUT2D eigenvalue weighted by Gasteiger charge is -2.05. The molecule has 1 aromatic carbocycles. The van der Waals surface area contributed by atoms with E-state index in [1.165, 1.54) is 21.8 Å². The first kappa shape index (κ1) is 16.8. The van der Waals surface area contributed by atoms with Gasteiger partial charge in [-0.3, -0.25) is 4.79 Å². The Morgan fingerprint density at radius 1 is 1.25 bits per heavy atom. The van der Waals surface area contributed by atoms with E-state index >= 15 is 0 Å². The van der Waals surface area contributed by atoms with Crippen LogP contribution in [-0.4, -0.2) is 28.3 Å². The third kappa shape index (κ3) is 3.88. The highest BCUT2D eigenvalue weighted by Crippen LogP contribution is 2.21. The lowest BCUT2D eigenvalue weighted by molar-refractivity contribution is 0.0957. The van der Waals surface area contributed by atoms with Crippen LogP contribution in [0.4, 0.5) is 0 Å². The zero-order valence-corrected chi connectivity index (χ0v) is 15.3. The SMILES string of the molecule is CSc1ccc(CCNC(=O)c2sc(-n3cccc3)nc2C)cc1. The van der Waals surface area contributed by atoms with Gasteiger partial charge in [0, 0.05) is 23.8 Å². The Hall–Kier alpha value is -2.05. The molecule has 4 nitrogen and oxygen atoms in total. The summed E-state index contributed by atoms with van der Waals surface area (Å²) in [6, 6.07) is 12.3. The molecule has 3 aromatic rings. The van der Waals surface area contributed by atoms with Gasteiger partial charge in [0.15, 0.2) is 5.13 Å². The number of aryl methyl sites for hydroxylation is 1. The number of thioether (sulfide) groups is 1. The zero-order chi connectivity index (χ0) is 16.9. The highest BCUT2D eigenvalue weighted by Gasteiger charge is 2.15. The van der Waals surface area contributed by atoms with Crippen LogP contribution in [0.1, 0.15) is 20.9 Å². The molecule has 1 amide bonds. The molecule has 2 aromatic heterocycles. The van der Waals surface area contributed by atoms with Gasteiger partial charge in [-0.05, 0) is 49.4 Å². The molecule has 0 fully saturated rings. The van der Waals surface area contributed by atoms with E-state index in [0.717, 1.165) is 17.2 Å². The summed E-state index contributed by atoms with van der Waals surface area (Å²) in [6.45, 7) is 2.49. The van der Waals surface area contributed by atoms with Gasteiger partial charge in [0.05, 0.1) is 5.69 Å². The maximum atomic E-state index is 12.4. The van der Waals surface area contributed by atoms with Crippen molar-refractivity contribution >= 4 is 29.0 Å². The highest BCUT2D eigenvalue weighted by atomic mass is 32.2. The number of carbonyl (C=O) groups excluding carboxylic acids is 1. The molecule has 0 spiro atoms. The first-order valence-corrected chi connectivity index (χ1v) is 9.73. The molecule has 0 aliphatic heterocycles. The van der Waals surface area contributed by atoms with E-state index in [9.17, 15) is 4.79 Å². The maximum Gasteiger partial charge on any atom is 0.263 e. The third-order valence-electron chi connectivity index (χ3n) is 3.68. The monoisotopic (exact) mass is 357 g/mol. The Bertz CT molecular complexity index is 807. The molecular formula is C18H19N3OS2. The van der Waals surface area contributed by atoms with Crippen LogP contribution in [-0.2, 0) is 6.42 Å². The summed E-state index contributed by atoms with van der Waals surface area (Å²) < 4.78 is 1.92. The first-order valence-electron chi connectivity index (χ1n) is 7.69. The fourth-order valence-corrected chi connectivity index (χ4v) is 3.72. The van der Waals surface area contributed by atoms with Crippen LogP contribution in [0, 0.1) is 6.92 Å². The number of thiazole rings is 1. The molecule has 0 unspecified atom stereocenters. The quantitative estimate of drug-likeness (QED) is 0.680. The van der Waals surface area contributed by atoms with Gasteiger partial charge in [-0.2, -0.15) is 0 Å². The molecule has 0 saturated heterocycles. The van der Waals surface area contributed by atoms with Gasteiger partial charge in [-0.15, -0.1) is 11.8 Å². The van der Waals surface area contributed by atoms with Crippen molar-refractivity contribution in [3.63, 3.8) is 0 Å². The standard InChI is InChI=1S/C18H19N3OS2/c1-13-16(24-18(20-13)21-11-3-4-12-21)17(22)19-10-9-14-5-7-15(23-2)8-6-14/h3-8,11-12H,9-10H2,1-2H3,(H,19,22). The lowest BCUT2D eigenvalue weighted by atomic mass is 10.1. The number of hydrogen-bond acceptors (Lipinski definition) is 4. The second-order valence-corrected chi connectivity index (χ2v) is 7.21. The van der Waals surface area contributed by atoms with E-state index in [4.69, 9.17) is 0 Å². The van der Waals surface area contributed by atoms with Gasteiger partial charge in [-0.25, -0.2) is 4.98 Å². The number of rotatable bonds is 6. The van der Waals surface area contributed by atoms with Crippen molar-refractivity contribution in [1.82, 2.24) is 14.9 Å². The number of carbonyl (C=O) groups is 1. The number of hydrogen-bond donors (Lipinski definition) is 1. The van der Waals surface area contributed by atoms with Crippen LogP contribution in [0.2, 0.25) is 0 Å². The summed E-state index contributed by atoms with van der Waals surface area (Å²) in [4.78, 5) is 18.8. The van der Waals surface area contributed by atoms with Crippen LogP contribution in [0.15, 0.2) is 53.7 Å². The van der Waals surface area contributed by atoms with Crippen molar-refractivity contribution in [3.8, 4) is 5.13 Å². The number of benzene rings is 1. The summed E-state index contributed by atoms with van der Waals surface area (Å²) in [5.74, 6) is -0.0517. The van der Waals surface area contributed by atoms with Gasteiger partial charge in [0.2, 0.25) is 0 Å². The molecule has 0 aliphatic carbocycles. The van der Waals surface area contributed by atoms with E-state index < -0.39 is 0 Å². The Balaban J connectivity index is 1.58. The maximum absolute atomic E-state index is 12.4. The van der Waals surface area contributed by atoms with Crippen molar-refractivity contribution in [1.29, 1.82) is 0 Å².